The highest BCUT2D eigenvalue weighted by Gasteiger charge is 2.23. The van der Waals surface area contributed by atoms with Crippen LogP contribution >= 0.6 is 23.2 Å². The zero-order chi connectivity index (χ0) is 14.2. The molecule has 0 radical (unpaired) electrons. The molecule has 1 heterocycles. The van der Waals surface area contributed by atoms with Crippen molar-refractivity contribution in [2.24, 2.45) is 0 Å². The molecule has 0 aliphatic carbocycles. The van der Waals surface area contributed by atoms with Crippen molar-refractivity contribution in [1.29, 1.82) is 0 Å². The van der Waals surface area contributed by atoms with Crippen LogP contribution < -0.4 is 5.73 Å². The van der Waals surface area contributed by atoms with E-state index in [1.165, 1.54) is 19.1 Å². The Balaban J connectivity index is 2.73. The van der Waals surface area contributed by atoms with E-state index in [9.17, 15) is 10.1 Å². The number of hydrogen-bond acceptors (Lipinski definition) is 5. The van der Waals surface area contributed by atoms with Crippen LogP contribution in [0.2, 0.25) is 10.0 Å². The smallest absolute Gasteiger partial charge is 0.316 e. The summed E-state index contributed by atoms with van der Waals surface area (Å²) in [4.78, 5) is 18.3. The molecule has 0 aliphatic heterocycles. The van der Waals surface area contributed by atoms with Gasteiger partial charge in [-0.05, 0) is 19.1 Å². The number of benzene rings is 1. The number of nitrogen functional groups attached to an aromatic ring is 1. The van der Waals surface area contributed by atoms with Gasteiger partial charge in [0.1, 0.15) is 5.69 Å². The van der Waals surface area contributed by atoms with Crippen molar-refractivity contribution in [3.05, 3.63) is 44.1 Å². The Labute approximate surface area is 118 Å². The lowest BCUT2D eigenvalue weighted by Crippen LogP contribution is -2.04. The number of rotatable bonds is 2. The molecule has 0 spiro atoms. The molecule has 0 aliphatic rings. The number of aromatic nitrogens is 2. The standard InChI is InChI=1S/C11H8Cl2N4O2/c1-5-10(17(18)19)9(16-11(14)15-5)6-2-3-7(12)8(13)4-6/h2-4H,1H3,(H2,14,15,16). The first-order valence-corrected chi connectivity index (χ1v) is 5.89. The van der Waals surface area contributed by atoms with Crippen LogP contribution in [0.3, 0.4) is 0 Å². The van der Waals surface area contributed by atoms with Gasteiger partial charge >= 0.3 is 5.69 Å². The van der Waals surface area contributed by atoms with E-state index >= 15 is 0 Å². The second-order valence-corrected chi connectivity index (χ2v) is 4.56. The lowest BCUT2D eigenvalue weighted by Gasteiger charge is -2.06. The zero-order valence-electron chi connectivity index (χ0n) is 9.72. The van der Waals surface area contributed by atoms with Crippen molar-refractivity contribution in [3.8, 4) is 11.3 Å². The van der Waals surface area contributed by atoms with Crippen LogP contribution in [0.25, 0.3) is 11.3 Å². The van der Waals surface area contributed by atoms with Gasteiger partial charge in [-0.25, -0.2) is 9.97 Å². The molecule has 2 rings (SSSR count). The molecule has 8 heteroatoms. The first-order chi connectivity index (χ1) is 8.90. The molecule has 2 N–H and O–H groups in total. The van der Waals surface area contributed by atoms with Crippen LogP contribution in [-0.2, 0) is 0 Å². The Hall–Kier alpha value is -1.92. The molecule has 0 atom stereocenters. The topological polar surface area (TPSA) is 94.9 Å². The van der Waals surface area contributed by atoms with E-state index in [1.807, 2.05) is 0 Å². The molecule has 2 aromatic rings. The van der Waals surface area contributed by atoms with Crippen molar-refractivity contribution in [2.75, 3.05) is 5.73 Å². The van der Waals surface area contributed by atoms with Crippen LogP contribution in [0.4, 0.5) is 11.6 Å². The van der Waals surface area contributed by atoms with E-state index in [0.717, 1.165) is 0 Å². The van der Waals surface area contributed by atoms with Gasteiger partial charge < -0.3 is 5.73 Å². The Bertz CT molecular complexity index is 676. The van der Waals surface area contributed by atoms with Crippen molar-refractivity contribution < 1.29 is 4.92 Å². The quantitative estimate of drug-likeness (QED) is 0.678. The minimum atomic E-state index is -0.549. The summed E-state index contributed by atoms with van der Waals surface area (Å²) in [5.74, 6) is -0.0378. The van der Waals surface area contributed by atoms with E-state index in [2.05, 4.69) is 9.97 Å². The molecule has 1 aromatic heterocycles. The lowest BCUT2D eigenvalue weighted by molar-refractivity contribution is -0.385. The van der Waals surface area contributed by atoms with Gasteiger partial charge in [0, 0.05) is 5.56 Å². The van der Waals surface area contributed by atoms with Gasteiger partial charge in [0.25, 0.3) is 0 Å². The highest BCUT2D eigenvalue weighted by molar-refractivity contribution is 6.42. The summed E-state index contributed by atoms with van der Waals surface area (Å²) >= 11 is 11.7. The molecule has 0 saturated heterocycles. The van der Waals surface area contributed by atoms with Crippen LogP contribution in [0.15, 0.2) is 18.2 Å². The molecule has 0 saturated carbocycles. The van der Waals surface area contributed by atoms with Crippen molar-refractivity contribution in [2.45, 2.75) is 6.92 Å². The molecule has 1 aromatic carbocycles. The number of anilines is 1. The van der Waals surface area contributed by atoms with E-state index < -0.39 is 4.92 Å². The summed E-state index contributed by atoms with van der Waals surface area (Å²) in [6.07, 6.45) is 0. The Kier molecular flexibility index (Phi) is 3.55. The molecular weight excluding hydrogens is 291 g/mol. The highest BCUT2D eigenvalue weighted by Crippen LogP contribution is 2.34. The van der Waals surface area contributed by atoms with Gasteiger partial charge in [-0.3, -0.25) is 10.1 Å². The van der Waals surface area contributed by atoms with Gasteiger partial charge in [-0.2, -0.15) is 0 Å². The number of nitrogens with zero attached hydrogens (tertiary/aromatic N) is 3. The lowest BCUT2D eigenvalue weighted by atomic mass is 10.1. The molecule has 0 unspecified atom stereocenters. The second-order valence-electron chi connectivity index (χ2n) is 3.75. The number of hydrogen-bond donors (Lipinski definition) is 1. The Morgan fingerprint density at radius 1 is 1.26 bits per heavy atom. The largest absolute Gasteiger partial charge is 0.368 e. The van der Waals surface area contributed by atoms with Crippen LogP contribution in [0, 0.1) is 17.0 Å². The average Bonchev–Trinajstić information content (AvgIpc) is 2.31. The molecule has 0 fully saturated rings. The molecular formula is C11H8Cl2N4O2. The number of nitro groups is 1. The molecule has 19 heavy (non-hydrogen) atoms. The SMILES string of the molecule is Cc1nc(N)nc(-c2ccc(Cl)c(Cl)c2)c1[N+](=O)[O-]. The Morgan fingerprint density at radius 3 is 2.53 bits per heavy atom. The van der Waals surface area contributed by atoms with Gasteiger partial charge in [0.05, 0.1) is 15.0 Å². The van der Waals surface area contributed by atoms with Gasteiger partial charge in [0.15, 0.2) is 5.69 Å². The fourth-order valence-corrected chi connectivity index (χ4v) is 1.95. The summed E-state index contributed by atoms with van der Waals surface area (Å²) in [6, 6.07) is 4.62. The summed E-state index contributed by atoms with van der Waals surface area (Å²) in [6.45, 7) is 1.50. The molecule has 98 valence electrons. The summed E-state index contributed by atoms with van der Waals surface area (Å²) in [7, 11) is 0. The normalized spacial score (nSPS) is 10.5. The fourth-order valence-electron chi connectivity index (χ4n) is 1.65. The minimum absolute atomic E-state index is 0.0378. The molecule has 6 nitrogen and oxygen atoms in total. The molecule has 0 amide bonds. The highest BCUT2D eigenvalue weighted by atomic mass is 35.5. The number of halogens is 2. The predicted molar refractivity (Wildman–Crippen MR) is 73.3 cm³/mol. The number of nitrogens with two attached hydrogens (primary N) is 1. The molecule has 0 bridgehead atoms. The third kappa shape index (κ3) is 2.59. The maximum atomic E-state index is 11.1. The summed E-state index contributed by atoms with van der Waals surface area (Å²) in [5, 5.41) is 11.7. The number of aryl methyl sites for hydroxylation is 1. The monoisotopic (exact) mass is 298 g/mol. The van der Waals surface area contributed by atoms with Crippen LogP contribution in [0.1, 0.15) is 5.69 Å². The summed E-state index contributed by atoms with van der Waals surface area (Å²) in [5.41, 5.74) is 6.10. The maximum Gasteiger partial charge on any atom is 0.316 e. The van der Waals surface area contributed by atoms with E-state index in [-0.39, 0.29) is 28.0 Å². The van der Waals surface area contributed by atoms with Crippen molar-refractivity contribution >= 4 is 34.8 Å². The van der Waals surface area contributed by atoms with E-state index in [1.54, 1.807) is 6.07 Å². The third-order valence-corrected chi connectivity index (χ3v) is 3.19. The fraction of sp³-hybridized carbons (Fsp3) is 0.0909. The van der Waals surface area contributed by atoms with E-state index in [4.69, 9.17) is 28.9 Å². The first kappa shape index (κ1) is 13.5. The van der Waals surface area contributed by atoms with Gasteiger partial charge in [-0.1, -0.05) is 29.3 Å². The van der Waals surface area contributed by atoms with Gasteiger partial charge in [-0.15, -0.1) is 0 Å². The van der Waals surface area contributed by atoms with Gasteiger partial charge in [0.2, 0.25) is 5.95 Å². The first-order valence-electron chi connectivity index (χ1n) is 5.14. The van der Waals surface area contributed by atoms with Crippen molar-refractivity contribution in [1.82, 2.24) is 9.97 Å². The maximum absolute atomic E-state index is 11.1. The Morgan fingerprint density at radius 2 is 1.95 bits per heavy atom. The third-order valence-electron chi connectivity index (χ3n) is 2.45. The van der Waals surface area contributed by atoms with Crippen LogP contribution in [0.5, 0.6) is 0 Å². The predicted octanol–water partition coefficient (Wildman–Crippen LogP) is 3.25. The van der Waals surface area contributed by atoms with Crippen LogP contribution in [-0.4, -0.2) is 14.9 Å². The second kappa shape index (κ2) is 4.99. The average molecular weight is 299 g/mol. The summed E-state index contributed by atoms with van der Waals surface area (Å²) < 4.78 is 0. The zero-order valence-corrected chi connectivity index (χ0v) is 11.2. The van der Waals surface area contributed by atoms with E-state index in [0.29, 0.717) is 10.6 Å². The minimum Gasteiger partial charge on any atom is -0.368 e. The van der Waals surface area contributed by atoms with Crippen molar-refractivity contribution in [3.63, 3.8) is 0 Å².